The summed E-state index contributed by atoms with van der Waals surface area (Å²) in [5.74, 6) is 0. The molecular weight excluding hydrogens is 252 g/mol. The number of rotatable bonds is 4. The minimum Gasteiger partial charge on any atom is -0.372 e. The van der Waals surface area contributed by atoms with Crippen LogP contribution in [0.15, 0.2) is 30.3 Å². The van der Waals surface area contributed by atoms with E-state index in [2.05, 4.69) is 29.4 Å². The predicted octanol–water partition coefficient (Wildman–Crippen LogP) is 2.20. The van der Waals surface area contributed by atoms with Crippen LogP contribution in [0.25, 0.3) is 0 Å². The van der Waals surface area contributed by atoms with E-state index in [1.807, 2.05) is 22.9 Å². The highest BCUT2D eigenvalue weighted by Crippen LogP contribution is 2.32. The molecule has 3 rings (SSSR count). The Hall–Kier alpha value is -1.72. The van der Waals surface area contributed by atoms with E-state index in [1.165, 1.54) is 5.56 Å². The van der Waals surface area contributed by atoms with Gasteiger partial charge in [0, 0.05) is 13.2 Å². The van der Waals surface area contributed by atoms with E-state index in [4.69, 9.17) is 10.5 Å². The Morgan fingerprint density at radius 1 is 1.40 bits per heavy atom. The maximum atomic E-state index is 5.81. The quantitative estimate of drug-likeness (QED) is 0.926. The van der Waals surface area contributed by atoms with Gasteiger partial charge in [0.2, 0.25) is 0 Å². The topological polar surface area (TPSA) is 66.0 Å². The van der Waals surface area contributed by atoms with Crippen molar-refractivity contribution in [1.82, 2.24) is 15.0 Å². The molecule has 1 aromatic heterocycles. The lowest BCUT2D eigenvalue weighted by atomic mass is 10.1. The summed E-state index contributed by atoms with van der Waals surface area (Å²) in [6, 6.07) is 10.4. The molecule has 5 heteroatoms. The molecule has 1 saturated heterocycles. The second-order valence-corrected chi connectivity index (χ2v) is 5.16. The number of hydrogen-bond donors (Lipinski definition) is 1. The summed E-state index contributed by atoms with van der Waals surface area (Å²) in [6.07, 6.45) is 2.18. The fourth-order valence-corrected chi connectivity index (χ4v) is 2.76. The van der Waals surface area contributed by atoms with Gasteiger partial charge in [-0.05, 0) is 25.3 Å². The molecule has 2 unspecified atom stereocenters. The van der Waals surface area contributed by atoms with Gasteiger partial charge >= 0.3 is 0 Å². The van der Waals surface area contributed by atoms with Crippen LogP contribution >= 0.6 is 0 Å². The molecule has 2 heterocycles. The fourth-order valence-electron chi connectivity index (χ4n) is 2.76. The van der Waals surface area contributed by atoms with Crippen LogP contribution in [-0.2, 0) is 11.3 Å². The molecule has 0 aliphatic carbocycles. The standard InChI is InChI=1S/C15H20N4O/c1-11(12-6-3-2-4-7-12)19-15(13(10-16)17-18-19)14-8-5-9-20-14/h2-4,6-7,11,14H,5,8-10,16H2,1H3. The van der Waals surface area contributed by atoms with Gasteiger partial charge in [0.25, 0.3) is 0 Å². The maximum absolute atomic E-state index is 5.81. The largest absolute Gasteiger partial charge is 0.372 e. The molecule has 106 valence electrons. The van der Waals surface area contributed by atoms with Crippen molar-refractivity contribution in [3.05, 3.63) is 47.3 Å². The van der Waals surface area contributed by atoms with Crippen LogP contribution in [0, 0.1) is 0 Å². The van der Waals surface area contributed by atoms with Gasteiger partial charge in [-0.2, -0.15) is 0 Å². The van der Waals surface area contributed by atoms with Gasteiger partial charge in [0.05, 0.1) is 11.7 Å². The van der Waals surface area contributed by atoms with Gasteiger partial charge in [-0.1, -0.05) is 35.5 Å². The summed E-state index contributed by atoms with van der Waals surface area (Å²) >= 11 is 0. The van der Waals surface area contributed by atoms with Crippen molar-refractivity contribution in [3.63, 3.8) is 0 Å². The maximum Gasteiger partial charge on any atom is 0.102 e. The first kappa shape index (κ1) is 13.3. The van der Waals surface area contributed by atoms with Crippen molar-refractivity contribution in [1.29, 1.82) is 0 Å². The Labute approximate surface area is 118 Å². The molecule has 0 amide bonds. The van der Waals surface area contributed by atoms with Gasteiger partial charge in [-0.15, -0.1) is 5.10 Å². The minimum absolute atomic E-state index is 0.0784. The van der Waals surface area contributed by atoms with Crippen molar-refractivity contribution >= 4 is 0 Å². The van der Waals surface area contributed by atoms with Crippen LogP contribution < -0.4 is 5.73 Å². The molecule has 2 atom stereocenters. The number of nitrogens with two attached hydrogens (primary N) is 1. The van der Waals surface area contributed by atoms with E-state index in [9.17, 15) is 0 Å². The van der Waals surface area contributed by atoms with Crippen molar-refractivity contribution in [2.45, 2.75) is 38.5 Å². The predicted molar refractivity (Wildman–Crippen MR) is 76.1 cm³/mol. The van der Waals surface area contributed by atoms with Gasteiger partial charge in [-0.25, -0.2) is 4.68 Å². The first-order chi connectivity index (χ1) is 9.81. The molecule has 0 spiro atoms. The van der Waals surface area contributed by atoms with Crippen molar-refractivity contribution in [2.75, 3.05) is 6.61 Å². The highest BCUT2D eigenvalue weighted by molar-refractivity contribution is 5.22. The van der Waals surface area contributed by atoms with Crippen molar-refractivity contribution < 1.29 is 4.74 Å². The van der Waals surface area contributed by atoms with E-state index in [0.29, 0.717) is 6.54 Å². The summed E-state index contributed by atoms with van der Waals surface area (Å²) in [7, 11) is 0. The average Bonchev–Trinajstić information content (AvgIpc) is 3.15. The Kier molecular flexibility index (Phi) is 3.80. The van der Waals surface area contributed by atoms with Gasteiger partial charge < -0.3 is 10.5 Å². The number of ether oxygens (including phenoxy) is 1. The Morgan fingerprint density at radius 3 is 2.85 bits per heavy atom. The summed E-state index contributed by atoms with van der Waals surface area (Å²) in [5, 5.41) is 8.55. The van der Waals surface area contributed by atoms with E-state index < -0.39 is 0 Å². The van der Waals surface area contributed by atoms with E-state index in [-0.39, 0.29) is 12.1 Å². The zero-order valence-corrected chi connectivity index (χ0v) is 11.7. The lowest BCUT2D eigenvalue weighted by Crippen LogP contribution is -2.16. The number of nitrogens with zero attached hydrogens (tertiary/aromatic N) is 3. The number of benzene rings is 1. The molecule has 1 aliphatic rings. The van der Waals surface area contributed by atoms with Gasteiger partial charge in [0.15, 0.2) is 0 Å². The fraction of sp³-hybridized carbons (Fsp3) is 0.467. The van der Waals surface area contributed by atoms with Crippen LogP contribution in [0.1, 0.15) is 48.9 Å². The molecule has 20 heavy (non-hydrogen) atoms. The summed E-state index contributed by atoms with van der Waals surface area (Å²) < 4.78 is 7.78. The Balaban J connectivity index is 1.98. The molecular formula is C15H20N4O. The SMILES string of the molecule is CC(c1ccccc1)n1nnc(CN)c1C1CCCO1. The van der Waals surface area contributed by atoms with Gasteiger partial charge in [-0.3, -0.25) is 0 Å². The first-order valence-electron chi connectivity index (χ1n) is 7.12. The van der Waals surface area contributed by atoms with Crippen molar-refractivity contribution in [2.24, 2.45) is 5.73 Å². The van der Waals surface area contributed by atoms with Crippen LogP contribution in [0.5, 0.6) is 0 Å². The monoisotopic (exact) mass is 272 g/mol. The summed E-state index contributed by atoms with van der Waals surface area (Å²) in [6.45, 7) is 3.33. The van der Waals surface area contributed by atoms with Crippen LogP contribution in [0.3, 0.4) is 0 Å². The zero-order chi connectivity index (χ0) is 13.9. The van der Waals surface area contributed by atoms with Crippen LogP contribution in [0.2, 0.25) is 0 Å². The molecule has 1 aliphatic heterocycles. The van der Waals surface area contributed by atoms with E-state index >= 15 is 0 Å². The van der Waals surface area contributed by atoms with Gasteiger partial charge in [0.1, 0.15) is 11.8 Å². The lowest BCUT2D eigenvalue weighted by molar-refractivity contribution is 0.103. The van der Waals surface area contributed by atoms with Crippen LogP contribution in [0.4, 0.5) is 0 Å². The smallest absolute Gasteiger partial charge is 0.102 e. The number of aromatic nitrogens is 3. The minimum atomic E-state index is 0.0784. The van der Waals surface area contributed by atoms with E-state index in [0.717, 1.165) is 30.8 Å². The second kappa shape index (κ2) is 5.73. The molecule has 0 radical (unpaired) electrons. The molecule has 1 aromatic carbocycles. The Bertz CT molecular complexity index is 561. The average molecular weight is 272 g/mol. The third-order valence-corrected chi connectivity index (χ3v) is 3.88. The molecule has 2 N–H and O–H groups in total. The molecule has 0 bridgehead atoms. The molecule has 2 aromatic rings. The third kappa shape index (κ3) is 2.34. The van der Waals surface area contributed by atoms with Crippen molar-refractivity contribution in [3.8, 4) is 0 Å². The number of hydrogen-bond acceptors (Lipinski definition) is 4. The molecule has 5 nitrogen and oxygen atoms in total. The van der Waals surface area contributed by atoms with Crippen LogP contribution in [-0.4, -0.2) is 21.6 Å². The zero-order valence-electron chi connectivity index (χ0n) is 11.7. The highest BCUT2D eigenvalue weighted by atomic mass is 16.5. The summed E-state index contributed by atoms with van der Waals surface area (Å²) in [4.78, 5) is 0. The first-order valence-corrected chi connectivity index (χ1v) is 7.12. The Morgan fingerprint density at radius 2 is 2.20 bits per heavy atom. The normalized spacial score (nSPS) is 20.2. The summed E-state index contributed by atoms with van der Waals surface area (Å²) in [5.41, 5.74) is 8.90. The molecule has 1 fully saturated rings. The molecule has 0 saturated carbocycles. The second-order valence-electron chi connectivity index (χ2n) is 5.16. The lowest BCUT2D eigenvalue weighted by Gasteiger charge is -2.18. The highest BCUT2D eigenvalue weighted by Gasteiger charge is 2.28. The van der Waals surface area contributed by atoms with E-state index in [1.54, 1.807) is 0 Å². The third-order valence-electron chi connectivity index (χ3n) is 3.88.